The van der Waals surface area contributed by atoms with E-state index in [-0.39, 0.29) is 16.6 Å². The number of carbonyl (C=O) groups excluding carboxylic acids is 2. The minimum Gasteiger partial charge on any atom is -0.355 e. The summed E-state index contributed by atoms with van der Waals surface area (Å²) < 4.78 is 38.2. The molecule has 9 heteroatoms. The third-order valence-electron chi connectivity index (χ3n) is 2.73. The largest absolute Gasteiger partial charge is 0.417 e. The second kappa shape index (κ2) is 8.44. The molecule has 0 aromatic heterocycles. The molecule has 128 valence electrons. The Morgan fingerprint density at radius 2 is 2.00 bits per heavy atom. The van der Waals surface area contributed by atoms with Crippen LogP contribution in [0.4, 0.5) is 13.2 Å². The monoisotopic (exact) mass is 368 g/mol. The molecule has 2 N–H and O–H groups in total. The summed E-state index contributed by atoms with van der Waals surface area (Å²) in [6, 6.07) is 2.73. The van der Waals surface area contributed by atoms with Crippen LogP contribution in [0.25, 0.3) is 0 Å². The Kier molecular flexibility index (Phi) is 7.21. The number of hydrogen-bond acceptors (Lipinski definition) is 3. The fraction of sp³-hybridized carbons (Fsp3) is 0.429. The summed E-state index contributed by atoms with van der Waals surface area (Å²) in [5.74, 6) is -0.878. The average Bonchev–Trinajstić information content (AvgIpc) is 2.45. The lowest BCUT2D eigenvalue weighted by Gasteiger charge is -2.13. The number of benzene rings is 1. The van der Waals surface area contributed by atoms with Gasteiger partial charge in [-0.3, -0.25) is 9.59 Å². The minimum absolute atomic E-state index is 0.108. The summed E-state index contributed by atoms with van der Waals surface area (Å²) in [6.45, 7) is 3.72. The van der Waals surface area contributed by atoms with E-state index in [2.05, 4.69) is 10.6 Å². The van der Waals surface area contributed by atoms with Gasteiger partial charge in [0.1, 0.15) is 6.04 Å². The number of alkyl halides is 3. The zero-order chi connectivity index (χ0) is 17.6. The summed E-state index contributed by atoms with van der Waals surface area (Å²) in [7, 11) is 0. The summed E-state index contributed by atoms with van der Waals surface area (Å²) in [4.78, 5) is 23.5. The van der Waals surface area contributed by atoms with Crippen LogP contribution in [0, 0.1) is 0 Å². The second-order valence-electron chi connectivity index (χ2n) is 4.61. The highest BCUT2D eigenvalue weighted by Crippen LogP contribution is 2.36. The molecule has 0 aliphatic heterocycles. The normalized spacial score (nSPS) is 12.6. The van der Waals surface area contributed by atoms with E-state index in [1.54, 1.807) is 6.92 Å². The van der Waals surface area contributed by atoms with Crippen LogP contribution in [0.3, 0.4) is 0 Å². The molecule has 0 aliphatic carbocycles. The highest BCUT2D eigenvalue weighted by Gasteiger charge is 2.33. The third-order valence-corrected chi connectivity index (χ3v) is 4.06. The van der Waals surface area contributed by atoms with E-state index in [9.17, 15) is 22.8 Å². The van der Waals surface area contributed by atoms with Gasteiger partial charge in [0.05, 0.1) is 16.3 Å². The average molecular weight is 369 g/mol. The molecule has 2 amide bonds. The van der Waals surface area contributed by atoms with Crippen LogP contribution in [0.1, 0.15) is 19.4 Å². The fourth-order valence-corrected chi connectivity index (χ4v) is 2.61. The number of nitrogens with one attached hydrogen (secondary N) is 2. The van der Waals surface area contributed by atoms with Crippen LogP contribution in [0.5, 0.6) is 0 Å². The first-order chi connectivity index (χ1) is 10.6. The Balaban J connectivity index is 2.62. The third kappa shape index (κ3) is 6.31. The molecule has 0 saturated heterocycles. The van der Waals surface area contributed by atoms with E-state index < -0.39 is 28.7 Å². The van der Waals surface area contributed by atoms with E-state index in [0.29, 0.717) is 6.54 Å². The van der Waals surface area contributed by atoms with Gasteiger partial charge in [-0.2, -0.15) is 13.2 Å². The first-order valence-corrected chi connectivity index (χ1v) is 8.08. The first kappa shape index (κ1) is 19.6. The molecule has 23 heavy (non-hydrogen) atoms. The molecule has 0 aliphatic rings. The molecule has 0 fully saturated rings. The van der Waals surface area contributed by atoms with Gasteiger partial charge in [-0.1, -0.05) is 11.6 Å². The Bertz CT molecular complexity index is 582. The lowest BCUT2D eigenvalue weighted by Crippen LogP contribution is -2.45. The summed E-state index contributed by atoms with van der Waals surface area (Å²) >= 11 is 6.46. The SMILES string of the molecule is CCNC(=O)[C@H](C)NC(=O)CSc1ccc(Cl)c(C(F)(F)F)c1. The Hall–Kier alpha value is -1.41. The van der Waals surface area contributed by atoms with Crippen molar-refractivity contribution in [3.8, 4) is 0 Å². The number of halogens is 4. The summed E-state index contributed by atoms with van der Waals surface area (Å²) in [6.07, 6.45) is -4.55. The molecule has 0 radical (unpaired) electrons. The van der Waals surface area contributed by atoms with Crippen molar-refractivity contribution >= 4 is 35.2 Å². The highest BCUT2D eigenvalue weighted by atomic mass is 35.5. The minimum atomic E-state index is -4.55. The predicted octanol–water partition coefficient (Wildman–Crippen LogP) is 3.09. The van der Waals surface area contributed by atoms with Gasteiger partial charge in [0.2, 0.25) is 11.8 Å². The Labute approximate surface area is 141 Å². The molecule has 1 aromatic carbocycles. The number of rotatable bonds is 6. The highest BCUT2D eigenvalue weighted by molar-refractivity contribution is 8.00. The van der Waals surface area contributed by atoms with Crippen molar-refractivity contribution in [3.05, 3.63) is 28.8 Å². The Morgan fingerprint density at radius 3 is 2.57 bits per heavy atom. The van der Waals surface area contributed by atoms with Gasteiger partial charge in [0, 0.05) is 11.4 Å². The zero-order valence-corrected chi connectivity index (χ0v) is 14.0. The van der Waals surface area contributed by atoms with E-state index >= 15 is 0 Å². The van der Waals surface area contributed by atoms with Crippen molar-refractivity contribution in [2.24, 2.45) is 0 Å². The maximum absolute atomic E-state index is 12.7. The molecule has 4 nitrogen and oxygen atoms in total. The van der Waals surface area contributed by atoms with Crippen molar-refractivity contribution in [1.29, 1.82) is 0 Å². The molecule has 1 atom stereocenters. The molecule has 0 bridgehead atoms. The predicted molar refractivity (Wildman–Crippen MR) is 83.5 cm³/mol. The first-order valence-electron chi connectivity index (χ1n) is 6.71. The smallest absolute Gasteiger partial charge is 0.355 e. The summed E-state index contributed by atoms with van der Waals surface area (Å²) in [5.41, 5.74) is -0.944. The molecule has 0 spiro atoms. The second-order valence-corrected chi connectivity index (χ2v) is 6.07. The fourth-order valence-electron chi connectivity index (χ4n) is 1.64. The van der Waals surface area contributed by atoms with E-state index in [1.165, 1.54) is 13.0 Å². The van der Waals surface area contributed by atoms with Crippen molar-refractivity contribution < 1.29 is 22.8 Å². The molecular formula is C14H16ClF3N2O2S. The van der Waals surface area contributed by atoms with Gasteiger partial charge in [-0.15, -0.1) is 11.8 Å². The topological polar surface area (TPSA) is 58.2 Å². The van der Waals surface area contributed by atoms with Gasteiger partial charge >= 0.3 is 6.18 Å². The number of carbonyl (C=O) groups is 2. The number of likely N-dealkylation sites (N-methyl/N-ethyl adjacent to an activating group) is 1. The maximum atomic E-state index is 12.7. The van der Waals surface area contributed by atoms with Gasteiger partial charge in [0.25, 0.3) is 0 Å². The van der Waals surface area contributed by atoms with Gasteiger partial charge in [-0.25, -0.2) is 0 Å². The van der Waals surface area contributed by atoms with Gasteiger partial charge in [-0.05, 0) is 32.0 Å². The Morgan fingerprint density at radius 1 is 1.35 bits per heavy atom. The van der Waals surface area contributed by atoms with E-state index in [0.717, 1.165) is 23.9 Å². The summed E-state index contributed by atoms with van der Waals surface area (Å²) in [5, 5.41) is 4.63. The van der Waals surface area contributed by atoms with E-state index in [1.807, 2.05) is 0 Å². The van der Waals surface area contributed by atoms with E-state index in [4.69, 9.17) is 11.6 Å². The van der Waals surface area contributed by atoms with Crippen LogP contribution in [-0.2, 0) is 15.8 Å². The number of amides is 2. The lowest BCUT2D eigenvalue weighted by atomic mass is 10.2. The van der Waals surface area contributed by atoms with Crippen molar-refractivity contribution in [1.82, 2.24) is 10.6 Å². The van der Waals surface area contributed by atoms with Crippen LogP contribution < -0.4 is 10.6 Å². The van der Waals surface area contributed by atoms with Crippen LogP contribution in [0.2, 0.25) is 5.02 Å². The van der Waals surface area contributed by atoms with Crippen molar-refractivity contribution in [2.45, 2.75) is 31.0 Å². The maximum Gasteiger partial charge on any atom is 0.417 e. The number of hydrogen-bond donors (Lipinski definition) is 2. The van der Waals surface area contributed by atoms with Crippen molar-refractivity contribution in [3.63, 3.8) is 0 Å². The molecule has 0 saturated carbocycles. The lowest BCUT2D eigenvalue weighted by molar-refractivity contribution is -0.137. The number of thioether (sulfide) groups is 1. The van der Waals surface area contributed by atoms with Gasteiger partial charge < -0.3 is 10.6 Å². The standard InChI is InChI=1S/C14H16ClF3N2O2S/c1-3-19-13(22)8(2)20-12(21)7-23-9-4-5-11(15)10(6-9)14(16,17)18/h4-6,8H,3,7H2,1-2H3,(H,19,22)(H,20,21)/t8-/m0/s1. The molecule has 0 unspecified atom stereocenters. The molecule has 1 rings (SSSR count). The van der Waals surface area contributed by atoms with Crippen LogP contribution >= 0.6 is 23.4 Å². The van der Waals surface area contributed by atoms with Crippen LogP contribution in [0.15, 0.2) is 23.1 Å². The van der Waals surface area contributed by atoms with Crippen molar-refractivity contribution in [2.75, 3.05) is 12.3 Å². The van der Waals surface area contributed by atoms with Crippen LogP contribution in [-0.4, -0.2) is 30.2 Å². The molecule has 1 aromatic rings. The quantitative estimate of drug-likeness (QED) is 0.759. The zero-order valence-electron chi connectivity index (χ0n) is 12.5. The molecule has 0 heterocycles. The van der Waals surface area contributed by atoms with Gasteiger partial charge in [0.15, 0.2) is 0 Å². The molecular weight excluding hydrogens is 353 g/mol.